The molecule has 25 heavy (non-hydrogen) atoms. The molecular weight excluding hydrogens is 374 g/mol. The van der Waals surface area contributed by atoms with Crippen molar-refractivity contribution in [2.75, 3.05) is 0 Å². The molecule has 2 heterocycles. The Bertz CT molecular complexity index is 1040. The van der Waals surface area contributed by atoms with Crippen molar-refractivity contribution >= 4 is 33.4 Å². The van der Waals surface area contributed by atoms with Gasteiger partial charge in [0.25, 0.3) is 0 Å². The molecule has 0 spiro atoms. The largest absolute Gasteiger partial charge is 0.431 e. The quantitative estimate of drug-likeness (QED) is 0.589. The molecule has 0 saturated carbocycles. The highest BCUT2D eigenvalue weighted by Crippen LogP contribution is 2.42. The van der Waals surface area contributed by atoms with Crippen LogP contribution < -0.4 is 5.56 Å². The number of nitrogens with zero attached hydrogens (tertiary/aromatic N) is 1. The maximum atomic E-state index is 13.4. The zero-order valence-electron chi connectivity index (χ0n) is 12.4. The van der Waals surface area contributed by atoms with Crippen molar-refractivity contribution in [3.63, 3.8) is 0 Å². The van der Waals surface area contributed by atoms with Crippen LogP contribution in [0.15, 0.2) is 23.0 Å². The van der Waals surface area contributed by atoms with Gasteiger partial charge in [0.2, 0.25) is 5.56 Å². The molecule has 1 N–H and O–H groups in total. The minimum atomic E-state index is -4.99. The first-order valence-electron chi connectivity index (χ1n) is 6.88. The molecule has 0 aliphatic rings. The van der Waals surface area contributed by atoms with Gasteiger partial charge in [0.15, 0.2) is 0 Å². The Hall–Kier alpha value is -2.16. The number of aromatic nitrogens is 2. The van der Waals surface area contributed by atoms with Crippen LogP contribution in [-0.4, -0.2) is 15.7 Å². The molecular formula is C15H9ClF6N2O. The Morgan fingerprint density at radius 2 is 1.76 bits per heavy atom. The summed E-state index contributed by atoms with van der Waals surface area (Å²) in [6, 6.07) is 3.31. The van der Waals surface area contributed by atoms with Gasteiger partial charge in [0.1, 0.15) is 12.2 Å². The average Bonchev–Trinajstić information content (AvgIpc) is 2.68. The molecule has 3 nitrogen and oxygen atoms in total. The number of rotatable bonds is 1. The maximum Gasteiger partial charge on any atom is 0.431 e. The molecule has 0 bridgehead atoms. The number of fused-ring (bicyclic) bond motifs is 3. The highest BCUT2D eigenvalue weighted by Gasteiger charge is 2.41. The Kier molecular flexibility index (Phi) is 3.83. The third kappa shape index (κ3) is 2.97. The number of halogens is 7. The summed E-state index contributed by atoms with van der Waals surface area (Å²) in [5.41, 5.74) is -2.46. The molecule has 0 aliphatic carbocycles. The summed E-state index contributed by atoms with van der Waals surface area (Å²) in [4.78, 5) is 13.9. The molecule has 0 saturated heterocycles. The summed E-state index contributed by atoms with van der Waals surface area (Å²) < 4.78 is 78.9. The van der Waals surface area contributed by atoms with Crippen LogP contribution in [0.4, 0.5) is 26.3 Å². The third-order valence-electron chi connectivity index (χ3n) is 3.83. The monoisotopic (exact) mass is 382 g/mol. The van der Waals surface area contributed by atoms with Crippen molar-refractivity contribution in [2.45, 2.75) is 25.8 Å². The molecule has 10 heteroatoms. The summed E-state index contributed by atoms with van der Waals surface area (Å²) in [7, 11) is 0. The molecule has 0 amide bonds. The lowest BCUT2D eigenvalue weighted by Gasteiger charge is -2.15. The van der Waals surface area contributed by atoms with Crippen molar-refractivity contribution in [3.8, 4) is 0 Å². The minimum absolute atomic E-state index is 0.0719. The highest BCUT2D eigenvalue weighted by atomic mass is 35.5. The molecule has 3 aromatic rings. The maximum absolute atomic E-state index is 13.4. The van der Waals surface area contributed by atoms with Gasteiger partial charge in [-0.2, -0.15) is 26.3 Å². The van der Waals surface area contributed by atoms with Crippen molar-refractivity contribution < 1.29 is 26.3 Å². The number of alkyl halides is 6. The second kappa shape index (κ2) is 5.42. The Labute approximate surface area is 140 Å². The topological polar surface area (TPSA) is 37.8 Å². The van der Waals surface area contributed by atoms with Gasteiger partial charge >= 0.3 is 12.4 Å². The Balaban J connectivity index is 2.53. The summed E-state index contributed by atoms with van der Waals surface area (Å²) in [5.74, 6) is 0. The molecule has 0 aliphatic heterocycles. The SMILES string of the molecule is Cc1c(C(F)(F)F)n(CC(F)(F)F)c2ccc3[nH]c(=O)cc(Cl)c3c12. The van der Waals surface area contributed by atoms with Crippen LogP contribution in [0, 0.1) is 6.92 Å². The van der Waals surface area contributed by atoms with Crippen LogP contribution in [0.3, 0.4) is 0 Å². The van der Waals surface area contributed by atoms with Gasteiger partial charge in [-0.15, -0.1) is 0 Å². The van der Waals surface area contributed by atoms with Crippen LogP contribution in [-0.2, 0) is 12.7 Å². The molecule has 2 aromatic heterocycles. The van der Waals surface area contributed by atoms with Gasteiger partial charge in [-0.05, 0) is 24.6 Å². The van der Waals surface area contributed by atoms with Crippen molar-refractivity contribution in [3.05, 3.63) is 44.8 Å². The third-order valence-corrected chi connectivity index (χ3v) is 4.13. The van der Waals surface area contributed by atoms with E-state index in [0.29, 0.717) is 0 Å². The van der Waals surface area contributed by atoms with Gasteiger partial charge in [-0.3, -0.25) is 4.79 Å². The van der Waals surface area contributed by atoms with Crippen LogP contribution in [0.2, 0.25) is 5.02 Å². The van der Waals surface area contributed by atoms with E-state index in [2.05, 4.69) is 4.98 Å². The fraction of sp³-hybridized carbons (Fsp3) is 0.267. The number of H-pyrrole nitrogens is 1. The lowest BCUT2D eigenvalue weighted by molar-refractivity contribution is -0.158. The molecule has 0 fully saturated rings. The summed E-state index contributed by atoms with van der Waals surface area (Å²) in [5, 5.41) is -0.136. The minimum Gasteiger partial charge on any atom is -0.328 e. The Morgan fingerprint density at radius 1 is 1.12 bits per heavy atom. The number of hydrogen-bond acceptors (Lipinski definition) is 1. The van der Waals surface area contributed by atoms with Gasteiger partial charge in [0.05, 0.1) is 10.5 Å². The van der Waals surface area contributed by atoms with Crippen LogP contribution in [0.5, 0.6) is 0 Å². The predicted molar refractivity (Wildman–Crippen MR) is 80.9 cm³/mol. The van der Waals surface area contributed by atoms with Crippen LogP contribution in [0.25, 0.3) is 21.8 Å². The number of aryl methyl sites for hydroxylation is 1. The second-order valence-corrected chi connectivity index (χ2v) is 5.94. The number of nitrogens with one attached hydrogen (secondary N) is 1. The van der Waals surface area contributed by atoms with E-state index in [1.54, 1.807) is 0 Å². The smallest absolute Gasteiger partial charge is 0.328 e. The van der Waals surface area contributed by atoms with E-state index in [9.17, 15) is 31.1 Å². The first kappa shape index (κ1) is 17.7. The lowest BCUT2D eigenvalue weighted by atomic mass is 10.1. The zero-order valence-corrected chi connectivity index (χ0v) is 13.2. The first-order chi connectivity index (χ1) is 11.4. The van der Waals surface area contributed by atoms with Gasteiger partial charge in [-0.25, -0.2) is 0 Å². The van der Waals surface area contributed by atoms with Gasteiger partial charge in [-0.1, -0.05) is 11.6 Å². The fourth-order valence-electron chi connectivity index (χ4n) is 3.05. The number of pyridine rings is 1. The van der Waals surface area contributed by atoms with E-state index < -0.39 is 30.2 Å². The summed E-state index contributed by atoms with van der Waals surface area (Å²) >= 11 is 5.99. The summed E-state index contributed by atoms with van der Waals surface area (Å²) in [6.07, 6.45) is -9.84. The van der Waals surface area contributed by atoms with E-state index in [0.717, 1.165) is 19.1 Å². The van der Waals surface area contributed by atoms with Crippen LogP contribution in [0.1, 0.15) is 11.3 Å². The van der Waals surface area contributed by atoms with E-state index in [-0.39, 0.29) is 37.0 Å². The molecule has 0 unspecified atom stereocenters. The van der Waals surface area contributed by atoms with E-state index in [4.69, 9.17) is 11.6 Å². The first-order valence-corrected chi connectivity index (χ1v) is 7.26. The average molecular weight is 383 g/mol. The fourth-order valence-corrected chi connectivity index (χ4v) is 3.35. The number of benzene rings is 1. The van der Waals surface area contributed by atoms with Crippen molar-refractivity contribution in [2.24, 2.45) is 0 Å². The normalized spacial score (nSPS) is 13.1. The second-order valence-electron chi connectivity index (χ2n) is 5.54. The lowest BCUT2D eigenvalue weighted by Crippen LogP contribution is -2.23. The zero-order chi connectivity index (χ0) is 18.7. The predicted octanol–water partition coefficient (Wildman–Crippen LogP) is 5.03. The van der Waals surface area contributed by atoms with E-state index in [1.807, 2.05) is 0 Å². The van der Waals surface area contributed by atoms with Gasteiger partial charge in [0, 0.05) is 22.4 Å². The van der Waals surface area contributed by atoms with Crippen molar-refractivity contribution in [1.29, 1.82) is 0 Å². The number of hydrogen-bond donors (Lipinski definition) is 1. The van der Waals surface area contributed by atoms with Crippen LogP contribution >= 0.6 is 11.6 Å². The molecule has 134 valence electrons. The van der Waals surface area contributed by atoms with E-state index in [1.165, 1.54) is 6.07 Å². The molecule has 1 aromatic carbocycles. The molecule has 0 atom stereocenters. The van der Waals surface area contributed by atoms with Crippen molar-refractivity contribution in [1.82, 2.24) is 9.55 Å². The molecule has 0 radical (unpaired) electrons. The van der Waals surface area contributed by atoms with E-state index >= 15 is 0 Å². The summed E-state index contributed by atoms with van der Waals surface area (Å²) in [6.45, 7) is -0.711. The highest BCUT2D eigenvalue weighted by molar-refractivity contribution is 6.37. The standard InChI is InChI=1S/C15H9ClF6N2O/c1-6-11-9(3-2-8-12(11)7(16)4-10(25)23-8)24(5-14(17,18)19)13(6)15(20,21)22/h2-4H,5H2,1H3,(H,23,25). The molecule has 3 rings (SSSR count). The number of aromatic amines is 1. The Morgan fingerprint density at radius 3 is 2.32 bits per heavy atom. The van der Waals surface area contributed by atoms with Gasteiger partial charge < -0.3 is 9.55 Å².